The molecular weight excluding hydrogens is 262 g/mol. The highest BCUT2D eigenvalue weighted by molar-refractivity contribution is 7.99. The Kier molecular flexibility index (Phi) is 7.43. The van der Waals surface area contributed by atoms with E-state index in [2.05, 4.69) is 15.3 Å². The highest BCUT2D eigenvalue weighted by atomic mass is 32.2. The van der Waals surface area contributed by atoms with Crippen LogP contribution >= 0.6 is 11.8 Å². The predicted octanol–water partition coefficient (Wildman–Crippen LogP) is 1.89. The van der Waals surface area contributed by atoms with Gasteiger partial charge in [-0.1, -0.05) is 25.6 Å². The molecule has 0 fully saturated rings. The maximum atomic E-state index is 11.8. The summed E-state index contributed by atoms with van der Waals surface area (Å²) in [5.41, 5.74) is 0. The fourth-order valence-corrected chi connectivity index (χ4v) is 2.35. The molecule has 0 spiro atoms. The first-order valence-electron chi connectivity index (χ1n) is 6.46. The van der Waals surface area contributed by atoms with Crippen LogP contribution < -0.4 is 5.32 Å². The molecule has 0 saturated carbocycles. The van der Waals surface area contributed by atoms with Gasteiger partial charge in [0.05, 0.1) is 6.61 Å². The van der Waals surface area contributed by atoms with Gasteiger partial charge in [-0.25, -0.2) is 9.97 Å². The number of carbonyl (C=O) groups is 1. The third-order valence-corrected chi connectivity index (χ3v) is 3.19. The number of esters is 1. The van der Waals surface area contributed by atoms with Crippen molar-refractivity contribution in [3.8, 4) is 0 Å². The fourth-order valence-electron chi connectivity index (χ4n) is 1.54. The lowest BCUT2D eigenvalue weighted by molar-refractivity contribution is -0.145. The molecule has 0 aliphatic heterocycles. The van der Waals surface area contributed by atoms with Crippen LogP contribution in [0.25, 0.3) is 0 Å². The van der Waals surface area contributed by atoms with E-state index in [1.807, 2.05) is 20.8 Å². The molecule has 1 rings (SSSR count). The second-order valence-electron chi connectivity index (χ2n) is 4.29. The van der Waals surface area contributed by atoms with Gasteiger partial charge in [0.15, 0.2) is 5.16 Å². The molecule has 1 N–H and O–H groups in total. The Morgan fingerprint density at radius 1 is 1.42 bits per heavy atom. The third-order valence-electron chi connectivity index (χ3n) is 2.29. The minimum Gasteiger partial charge on any atom is -0.465 e. The lowest BCUT2D eigenvalue weighted by Crippen LogP contribution is -2.42. The molecule has 1 atom stereocenters. The van der Waals surface area contributed by atoms with E-state index < -0.39 is 0 Å². The summed E-state index contributed by atoms with van der Waals surface area (Å²) in [6.07, 6.45) is 4.12. The SMILES string of the molecule is CCOC(=O)C(CCSc1ncccn1)NC(C)C. The van der Waals surface area contributed by atoms with Crippen molar-refractivity contribution in [2.45, 2.75) is 44.4 Å². The fraction of sp³-hybridized carbons (Fsp3) is 0.615. The van der Waals surface area contributed by atoms with Crippen LogP contribution in [0.2, 0.25) is 0 Å². The van der Waals surface area contributed by atoms with Crippen LogP contribution in [0.1, 0.15) is 27.2 Å². The maximum Gasteiger partial charge on any atom is 0.323 e. The molecule has 1 unspecified atom stereocenters. The van der Waals surface area contributed by atoms with Crippen LogP contribution in [-0.4, -0.2) is 40.4 Å². The van der Waals surface area contributed by atoms with Gasteiger partial charge in [0.2, 0.25) is 0 Å². The first-order valence-corrected chi connectivity index (χ1v) is 7.44. The lowest BCUT2D eigenvalue weighted by Gasteiger charge is -2.19. The summed E-state index contributed by atoms with van der Waals surface area (Å²) < 4.78 is 5.07. The van der Waals surface area contributed by atoms with Crippen LogP contribution in [0.5, 0.6) is 0 Å². The highest BCUT2D eigenvalue weighted by Gasteiger charge is 2.20. The van der Waals surface area contributed by atoms with Gasteiger partial charge in [-0.15, -0.1) is 0 Å². The van der Waals surface area contributed by atoms with Gasteiger partial charge in [-0.05, 0) is 19.4 Å². The van der Waals surface area contributed by atoms with Crippen LogP contribution in [0.3, 0.4) is 0 Å². The number of nitrogens with zero attached hydrogens (tertiary/aromatic N) is 2. The molecule has 1 heterocycles. The van der Waals surface area contributed by atoms with Crippen molar-refractivity contribution in [1.29, 1.82) is 0 Å². The van der Waals surface area contributed by atoms with E-state index in [1.165, 1.54) is 0 Å². The number of ether oxygens (including phenoxy) is 1. The van der Waals surface area contributed by atoms with Gasteiger partial charge in [0.25, 0.3) is 0 Å². The summed E-state index contributed by atoms with van der Waals surface area (Å²) in [5, 5.41) is 3.95. The van der Waals surface area contributed by atoms with Crippen molar-refractivity contribution >= 4 is 17.7 Å². The monoisotopic (exact) mass is 283 g/mol. The lowest BCUT2D eigenvalue weighted by atomic mass is 10.2. The number of rotatable bonds is 8. The summed E-state index contributed by atoms with van der Waals surface area (Å²) in [6.45, 7) is 6.25. The Labute approximate surface area is 118 Å². The molecule has 0 saturated heterocycles. The maximum absolute atomic E-state index is 11.8. The molecule has 0 aliphatic carbocycles. The van der Waals surface area contributed by atoms with Crippen LogP contribution in [0, 0.1) is 0 Å². The van der Waals surface area contributed by atoms with Crippen LogP contribution in [0.4, 0.5) is 0 Å². The van der Waals surface area contributed by atoms with Gasteiger partial charge in [-0.2, -0.15) is 0 Å². The summed E-state index contributed by atoms with van der Waals surface area (Å²) in [7, 11) is 0. The predicted molar refractivity (Wildman–Crippen MR) is 76.1 cm³/mol. The third kappa shape index (κ3) is 6.54. The Bertz CT molecular complexity index is 373. The van der Waals surface area contributed by atoms with E-state index in [4.69, 9.17) is 4.74 Å². The quantitative estimate of drug-likeness (QED) is 0.446. The topological polar surface area (TPSA) is 64.1 Å². The highest BCUT2D eigenvalue weighted by Crippen LogP contribution is 2.14. The Balaban J connectivity index is 2.42. The largest absolute Gasteiger partial charge is 0.465 e. The summed E-state index contributed by atoms with van der Waals surface area (Å²) >= 11 is 1.54. The van der Waals surface area contributed by atoms with Crippen molar-refractivity contribution in [3.05, 3.63) is 18.5 Å². The summed E-state index contributed by atoms with van der Waals surface area (Å²) in [6, 6.07) is 1.76. The molecule has 1 aromatic heterocycles. The normalized spacial score (nSPS) is 12.4. The standard InChI is InChI=1S/C13H21N3O2S/c1-4-18-12(17)11(16-10(2)3)6-9-19-13-14-7-5-8-15-13/h5,7-8,10-11,16H,4,6,9H2,1-3H3. The molecule has 106 valence electrons. The molecule has 1 aromatic rings. The Morgan fingerprint density at radius 2 is 2.11 bits per heavy atom. The van der Waals surface area contributed by atoms with Gasteiger partial charge in [-0.3, -0.25) is 4.79 Å². The first kappa shape index (κ1) is 15.9. The van der Waals surface area contributed by atoms with E-state index in [0.717, 1.165) is 10.9 Å². The van der Waals surface area contributed by atoms with E-state index in [1.54, 1.807) is 30.2 Å². The second-order valence-corrected chi connectivity index (χ2v) is 5.36. The summed E-state index contributed by atoms with van der Waals surface area (Å²) in [4.78, 5) is 20.1. The molecule has 0 bridgehead atoms. The molecule has 0 amide bonds. The van der Waals surface area contributed by atoms with Gasteiger partial charge in [0, 0.05) is 24.2 Å². The number of hydrogen-bond acceptors (Lipinski definition) is 6. The zero-order valence-electron chi connectivity index (χ0n) is 11.6. The Hall–Kier alpha value is -1.14. The average Bonchev–Trinajstić information content (AvgIpc) is 2.38. The number of hydrogen-bond donors (Lipinski definition) is 1. The molecule has 0 aromatic carbocycles. The first-order chi connectivity index (χ1) is 9.13. The minimum absolute atomic E-state index is 0.189. The summed E-state index contributed by atoms with van der Waals surface area (Å²) in [5.74, 6) is 0.582. The van der Waals surface area contributed by atoms with Gasteiger partial charge in [0.1, 0.15) is 6.04 Å². The van der Waals surface area contributed by atoms with Crippen molar-refractivity contribution < 1.29 is 9.53 Å². The number of carbonyl (C=O) groups excluding carboxylic acids is 1. The Morgan fingerprint density at radius 3 is 2.68 bits per heavy atom. The van der Waals surface area contributed by atoms with Crippen LogP contribution in [0.15, 0.2) is 23.6 Å². The van der Waals surface area contributed by atoms with Gasteiger partial charge < -0.3 is 10.1 Å². The minimum atomic E-state index is -0.267. The number of nitrogens with one attached hydrogen (secondary N) is 1. The second kappa shape index (κ2) is 8.87. The molecule has 0 radical (unpaired) electrons. The number of aromatic nitrogens is 2. The molecule has 5 nitrogen and oxygen atoms in total. The smallest absolute Gasteiger partial charge is 0.323 e. The van der Waals surface area contributed by atoms with E-state index in [9.17, 15) is 4.79 Å². The van der Waals surface area contributed by atoms with E-state index in [-0.39, 0.29) is 18.1 Å². The molecule has 19 heavy (non-hydrogen) atoms. The van der Waals surface area contributed by atoms with Crippen molar-refractivity contribution in [3.63, 3.8) is 0 Å². The number of thioether (sulfide) groups is 1. The zero-order chi connectivity index (χ0) is 14.1. The van der Waals surface area contributed by atoms with Gasteiger partial charge >= 0.3 is 5.97 Å². The molecular formula is C13H21N3O2S. The zero-order valence-corrected chi connectivity index (χ0v) is 12.4. The van der Waals surface area contributed by atoms with E-state index >= 15 is 0 Å². The van der Waals surface area contributed by atoms with Crippen LogP contribution in [-0.2, 0) is 9.53 Å². The van der Waals surface area contributed by atoms with Crippen molar-refractivity contribution in [2.75, 3.05) is 12.4 Å². The van der Waals surface area contributed by atoms with E-state index in [0.29, 0.717) is 13.0 Å². The van der Waals surface area contributed by atoms with Crippen molar-refractivity contribution in [1.82, 2.24) is 15.3 Å². The van der Waals surface area contributed by atoms with Crippen molar-refractivity contribution in [2.24, 2.45) is 0 Å². The molecule has 6 heteroatoms. The molecule has 0 aliphatic rings. The average molecular weight is 283 g/mol.